The van der Waals surface area contributed by atoms with Crippen LogP contribution in [0.25, 0.3) is 0 Å². The van der Waals surface area contributed by atoms with Gasteiger partial charge in [0.1, 0.15) is 5.54 Å². The highest BCUT2D eigenvalue weighted by molar-refractivity contribution is 6.12. The lowest BCUT2D eigenvalue weighted by molar-refractivity contribution is -0.122. The van der Waals surface area contributed by atoms with Gasteiger partial charge in [-0.3, -0.25) is 9.59 Å². The molecule has 146 valence electrons. The first-order valence-corrected chi connectivity index (χ1v) is 9.92. The molecule has 1 heterocycles. The molecule has 0 aromatic heterocycles. The Hall–Kier alpha value is -3.40. The Bertz CT molecular complexity index is 1020. The normalized spacial score (nSPS) is 18.6. The molecule has 1 amide bonds. The second-order valence-electron chi connectivity index (χ2n) is 7.53. The number of para-hydroxylation sites is 1. The molecule has 1 atom stereocenters. The SMILES string of the molecule is NC(=O)[C@]1(Cc2ccccc2)CCCN1c1ccccc1C(=O)c1ccccc1. The zero-order chi connectivity index (χ0) is 20.3. The van der Waals surface area contributed by atoms with E-state index in [0.717, 1.165) is 17.7 Å². The van der Waals surface area contributed by atoms with Crippen LogP contribution in [0.3, 0.4) is 0 Å². The van der Waals surface area contributed by atoms with E-state index >= 15 is 0 Å². The van der Waals surface area contributed by atoms with Gasteiger partial charge in [0, 0.05) is 29.8 Å². The fraction of sp³-hybridized carbons (Fsp3) is 0.200. The van der Waals surface area contributed by atoms with Gasteiger partial charge < -0.3 is 10.6 Å². The van der Waals surface area contributed by atoms with E-state index in [9.17, 15) is 9.59 Å². The van der Waals surface area contributed by atoms with Crippen molar-refractivity contribution in [2.45, 2.75) is 24.8 Å². The van der Waals surface area contributed by atoms with Crippen LogP contribution in [-0.2, 0) is 11.2 Å². The third kappa shape index (κ3) is 3.54. The maximum Gasteiger partial charge on any atom is 0.243 e. The summed E-state index contributed by atoms with van der Waals surface area (Å²) >= 11 is 0. The fourth-order valence-corrected chi connectivity index (χ4v) is 4.34. The minimum Gasteiger partial charge on any atom is -0.368 e. The Morgan fingerprint density at radius 3 is 2.17 bits per heavy atom. The van der Waals surface area contributed by atoms with Crippen molar-refractivity contribution in [3.05, 3.63) is 102 Å². The topological polar surface area (TPSA) is 63.4 Å². The predicted octanol–water partition coefficient (Wildman–Crippen LogP) is 3.98. The van der Waals surface area contributed by atoms with Gasteiger partial charge in [0.15, 0.2) is 5.78 Å². The molecule has 0 aliphatic carbocycles. The van der Waals surface area contributed by atoms with Gasteiger partial charge in [-0.1, -0.05) is 72.8 Å². The maximum atomic E-state index is 13.2. The number of carbonyl (C=O) groups is 2. The number of anilines is 1. The molecule has 0 bridgehead atoms. The molecule has 4 rings (SSSR count). The van der Waals surface area contributed by atoms with Crippen molar-refractivity contribution in [1.82, 2.24) is 0 Å². The van der Waals surface area contributed by atoms with Gasteiger partial charge in [-0.15, -0.1) is 0 Å². The van der Waals surface area contributed by atoms with Crippen LogP contribution in [0, 0.1) is 0 Å². The molecular formula is C25H24N2O2. The number of ketones is 1. The number of rotatable bonds is 6. The average molecular weight is 384 g/mol. The first kappa shape index (κ1) is 18.9. The molecule has 1 fully saturated rings. The smallest absolute Gasteiger partial charge is 0.243 e. The summed E-state index contributed by atoms with van der Waals surface area (Å²) in [6, 6.07) is 26.7. The van der Waals surface area contributed by atoms with Gasteiger partial charge in [0.05, 0.1) is 0 Å². The van der Waals surface area contributed by atoms with Crippen LogP contribution in [0.15, 0.2) is 84.9 Å². The number of amides is 1. The van der Waals surface area contributed by atoms with Gasteiger partial charge >= 0.3 is 0 Å². The number of benzene rings is 3. The molecular weight excluding hydrogens is 360 g/mol. The van der Waals surface area contributed by atoms with E-state index in [4.69, 9.17) is 5.73 Å². The standard InChI is InChI=1S/C25H24N2O2/c26-24(29)25(18-19-10-3-1-4-11-19)16-9-17-27(25)22-15-8-7-14-21(22)23(28)20-12-5-2-6-13-20/h1-8,10-15H,9,16-18H2,(H2,26,29)/t25-/m1/s1. The molecule has 2 N–H and O–H groups in total. The number of nitrogens with zero attached hydrogens (tertiary/aromatic N) is 1. The first-order valence-electron chi connectivity index (χ1n) is 9.92. The molecule has 1 aliphatic heterocycles. The van der Waals surface area contributed by atoms with Gasteiger partial charge in [-0.05, 0) is 30.5 Å². The van der Waals surface area contributed by atoms with Gasteiger partial charge in [-0.25, -0.2) is 0 Å². The second-order valence-corrected chi connectivity index (χ2v) is 7.53. The molecule has 29 heavy (non-hydrogen) atoms. The summed E-state index contributed by atoms with van der Waals surface area (Å²) in [6.07, 6.45) is 2.05. The quantitative estimate of drug-likeness (QED) is 0.654. The highest BCUT2D eigenvalue weighted by atomic mass is 16.2. The highest BCUT2D eigenvalue weighted by Gasteiger charge is 2.47. The Labute approximate surface area is 171 Å². The molecule has 0 spiro atoms. The third-order valence-electron chi connectivity index (χ3n) is 5.76. The van der Waals surface area contributed by atoms with E-state index in [1.165, 1.54) is 0 Å². The Kier molecular flexibility index (Phi) is 5.17. The van der Waals surface area contributed by atoms with Crippen molar-refractivity contribution in [1.29, 1.82) is 0 Å². The van der Waals surface area contributed by atoms with E-state index < -0.39 is 5.54 Å². The fourth-order valence-electron chi connectivity index (χ4n) is 4.34. The average Bonchev–Trinajstić information content (AvgIpc) is 3.19. The summed E-state index contributed by atoms with van der Waals surface area (Å²) in [5.41, 5.74) is 8.20. The summed E-state index contributed by atoms with van der Waals surface area (Å²) in [5.74, 6) is -0.396. The summed E-state index contributed by atoms with van der Waals surface area (Å²) in [4.78, 5) is 28.0. The van der Waals surface area contributed by atoms with Crippen LogP contribution < -0.4 is 10.6 Å². The summed E-state index contributed by atoms with van der Waals surface area (Å²) in [5, 5.41) is 0. The van der Waals surface area contributed by atoms with E-state index in [1.807, 2.05) is 84.9 Å². The zero-order valence-corrected chi connectivity index (χ0v) is 16.3. The minimum atomic E-state index is -0.839. The third-order valence-corrected chi connectivity index (χ3v) is 5.76. The van der Waals surface area contributed by atoms with E-state index in [2.05, 4.69) is 4.90 Å². The Morgan fingerprint density at radius 2 is 1.48 bits per heavy atom. The molecule has 3 aromatic rings. The molecule has 1 aliphatic rings. The van der Waals surface area contributed by atoms with Crippen LogP contribution in [0.1, 0.15) is 34.3 Å². The second kappa shape index (κ2) is 7.92. The number of primary amides is 1. The minimum absolute atomic E-state index is 0.0498. The molecule has 0 saturated carbocycles. The lowest BCUT2D eigenvalue weighted by Gasteiger charge is -2.38. The van der Waals surface area contributed by atoms with Crippen molar-refractivity contribution < 1.29 is 9.59 Å². The van der Waals surface area contributed by atoms with Gasteiger partial charge in [-0.2, -0.15) is 0 Å². The van der Waals surface area contributed by atoms with Crippen LogP contribution in [0.4, 0.5) is 5.69 Å². The maximum absolute atomic E-state index is 13.2. The number of nitrogens with two attached hydrogens (primary N) is 1. The lowest BCUT2D eigenvalue weighted by Crippen LogP contribution is -2.56. The van der Waals surface area contributed by atoms with Crippen LogP contribution >= 0.6 is 0 Å². The summed E-state index contributed by atoms with van der Waals surface area (Å²) < 4.78 is 0. The first-order chi connectivity index (χ1) is 14.1. The number of hydrogen-bond donors (Lipinski definition) is 1. The van der Waals surface area contributed by atoms with E-state index in [1.54, 1.807) is 0 Å². The molecule has 3 aromatic carbocycles. The number of carbonyl (C=O) groups excluding carboxylic acids is 2. The molecule has 1 saturated heterocycles. The molecule has 0 radical (unpaired) electrons. The Morgan fingerprint density at radius 1 is 0.862 bits per heavy atom. The van der Waals surface area contributed by atoms with Crippen LogP contribution in [0.2, 0.25) is 0 Å². The summed E-state index contributed by atoms with van der Waals surface area (Å²) in [7, 11) is 0. The van der Waals surface area contributed by atoms with Gasteiger partial charge in [0.2, 0.25) is 5.91 Å². The van der Waals surface area contributed by atoms with Crippen LogP contribution in [-0.4, -0.2) is 23.8 Å². The van der Waals surface area contributed by atoms with Gasteiger partial charge in [0.25, 0.3) is 0 Å². The van der Waals surface area contributed by atoms with E-state index in [0.29, 0.717) is 30.5 Å². The van der Waals surface area contributed by atoms with Crippen molar-refractivity contribution in [3.63, 3.8) is 0 Å². The van der Waals surface area contributed by atoms with E-state index in [-0.39, 0.29) is 11.7 Å². The zero-order valence-electron chi connectivity index (χ0n) is 16.3. The van der Waals surface area contributed by atoms with Crippen molar-refractivity contribution in [3.8, 4) is 0 Å². The summed E-state index contributed by atoms with van der Waals surface area (Å²) in [6.45, 7) is 0.689. The van der Waals surface area contributed by atoms with Crippen molar-refractivity contribution in [2.75, 3.05) is 11.4 Å². The largest absolute Gasteiger partial charge is 0.368 e. The lowest BCUT2D eigenvalue weighted by atomic mass is 9.86. The molecule has 4 nitrogen and oxygen atoms in total. The van der Waals surface area contributed by atoms with Crippen molar-refractivity contribution >= 4 is 17.4 Å². The Balaban J connectivity index is 1.77. The monoisotopic (exact) mass is 384 g/mol. The highest BCUT2D eigenvalue weighted by Crippen LogP contribution is 2.39. The predicted molar refractivity (Wildman–Crippen MR) is 115 cm³/mol. The van der Waals surface area contributed by atoms with Crippen molar-refractivity contribution in [2.24, 2.45) is 5.73 Å². The number of hydrogen-bond acceptors (Lipinski definition) is 3. The van der Waals surface area contributed by atoms with Crippen LogP contribution in [0.5, 0.6) is 0 Å². The molecule has 0 unspecified atom stereocenters. The molecule has 4 heteroatoms.